The first-order valence-electron chi connectivity index (χ1n) is 7.67. The van der Waals surface area contributed by atoms with Gasteiger partial charge in [0.1, 0.15) is 12.4 Å². The average Bonchev–Trinajstić information content (AvgIpc) is 2.86. The van der Waals surface area contributed by atoms with Crippen LogP contribution in [0, 0.1) is 11.7 Å². The highest BCUT2D eigenvalue weighted by Crippen LogP contribution is 2.25. The fourth-order valence-corrected chi connectivity index (χ4v) is 2.73. The number of carbonyl (C=O) groups is 3. The molecule has 142 valence electrons. The standard InChI is InChI=1S/C16H16F4N2O4/c17-11-3-1-9(2-4-11)12(6-14(24)25)21-15(26)10-5-13(23)22(7-10)8-16(18,19)20/h1-4,10,12H,5-8H2,(H,21,26)(H,24,25)/t10-,12+/m0/s1. The Kier molecular flexibility index (Phi) is 5.83. The van der Waals surface area contributed by atoms with E-state index in [0.717, 1.165) is 12.1 Å². The van der Waals surface area contributed by atoms with Crippen molar-refractivity contribution in [3.8, 4) is 0 Å². The number of nitrogens with one attached hydrogen (secondary N) is 1. The second-order valence-corrected chi connectivity index (χ2v) is 6.00. The molecule has 1 aliphatic rings. The van der Waals surface area contributed by atoms with Gasteiger partial charge in [-0.2, -0.15) is 13.2 Å². The fraction of sp³-hybridized carbons (Fsp3) is 0.438. The van der Waals surface area contributed by atoms with Gasteiger partial charge in [0, 0.05) is 13.0 Å². The highest BCUT2D eigenvalue weighted by atomic mass is 19.4. The first-order chi connectivity index (χ1) is 12.0. The number of carboxylic acid groups (broad SMARTS) is 1. The highest BCUT2D eigenvalue weighted by molar-refractivity contribution is 5.89. The van der Waals surface area contributed by atoms with Crippen molar-refractivity contribution in [3.63, 3.8) is 0 Å². The Morgan fingerprint density at radius 1 is 1.27 bits per heavy atom. The van der Waals surface area contributed by atoms with Crippen LogP contribution in [0.1, 0.15) is 24.4 Å². The summed E-state index contributed by atoms with van der Waals surface area (Å²) in [5, 5.41) is 11.4. The maximum Gasteiger partial charge on any atom is 0.406 e. The minimum atomic E-state index is -4.57. The number of alkyl halides is 3. The lowest BCUT2D eigenvalue weighted by Gasteiger charge is -2.21. The van der Waals surface area contributed by atoms with Gasteiger partial charge < -0.3 is 15.3 Å². The summed E-state index contributed by atoms with van der Waals surface area (Å²) in [7, 11) is 0. The fourth-order valence-electron chi connectivity index (χ4n) is 2.73. The third-order valence-electron chi connectivity index (χ3n) is 3.92. The minimum absolute atomic E-state index is 0.332. The van der Waals surface area contributed by atoms with Crippen LogP contribution in [0.3, 0.4) is 0 Å². The second-order valence-electron chi connectivity index (χ2n) is 6.00. The van der Waals surface area contributed by atoms with Crippen molar-refractivity contribution in [1.82, 2.24) is 10.2 Å². The Bertz CT molecular complexity index is 690. The zero-order valence-electron chi connectivity index (χ0n) is 13.4. The second kappa shape index (κ2) is 7.71. The topological polar surface area (TPSA) is 86.7 Å². The molecule has 1 heterocycles. The Balaban J connectivity index is 2.06. The molecule has 1 aliphatic heterocycles. The summed E-state index contributed by atoms with van der Waals surface area (Å²) in [6.45, 7) is -1.83. The highest BCUT2D eigenvalue weighted by Gasteiger charge is 2.41. The number of amides is 2. The number of benzene rings is 1. The third-order valence-corrected chi connectivity index (χ3v) is 3.92. The number of likely N-dealkylation sites (tertiary alicyclic amines) is 1. The molecule has 6 nitrogen and oxygen atoms in total. The van der Waals surface area contributed by atoms with Crippen molar-refractivity contribution in [2.75, 3.05) is 13.1 Å². The van der Waals surface area contributed by atoms with Gasteiger partial charge in [-0.05, 0) is 17.7 Å². The van der Waals surface area contributed by atoms with Crippen molar-refractivity contribution >= 4 is 17.8 Å². The van der Waals surface area contributed by atoms with E-state index in [1.54, 1.807) is 0 Å². The number of halogens is 4. The maximum atomic E-state index is 13.0. The van der Waals surface area contributed by atoms with Crippen molar-refractivity contribution in [1.29, 1.82) is 0 Å². The zero-order chi connectivity index (χ0) is 19.5. The number of aliphatic carboxylic acids is 1. The lowest BCUT2D eigenvalue weighted by molar-refractivity contribution is -0.157. The summed E-state index contributed by atoms with van der Waals surface area (Å²) in [5.74, 6) is -4.29. The summed E-state index contributed by atoms with van der Waals surface area (Å²) >= 11 is 0. The van der Waals surface area contributed by atoms with E-state index in [-0.39, 0.29) is 6.42 Å². The quantitative estimate of drug-likeness (QED) is 0.742. The van der Waals surface area contributed by atoms with Gasteiger partial charge in [0.05, 0.1) is 18.4 Å². The molecule has 1 aromatic rings. The van der Waals surface area contributed by atoms with E-state index in [2.05, 4.69) is 5.32 Å². The van der Waals surface area contributed by atoms with Gasteiger partial charge in [-0.3, -0.25) is 14.4 Å². The normalized spacial score (nSPS) is 18.7. The van der Waals surface area contributed by atoms with E-state index < -0.39 is 61.2 Å². The summed E-state index contributed by atoms with van der Waals surface area (Å²) in [6.07, 6.45) is -5.45. The van der Waals surface area contributed by atoms with E-state index in [1.807, 2.05) is 0 Å². The number of carboxylic acids is 1. The number of nitrogens with zero attached hydrogens (tertiary/aromatic N) is 1. The first kappa shape index (κ1) is 19.7. The van der Waals surface area contributed by atoms with E-state index in [9.17, 15) is 31.9 Å². The molecule has 1 saturated heterocycles. The van der Waals surface area contributed by atoms with Crippen LogP contribution >= 0.6 is 0 Å². The van der Waals surface area contributed by atoms with Crippen LogP contribution in [0.15, 0.2) is 24.3 Å². The monoisotopic (exact) mass is 376 g/mol. The van der Waals surface area contributed by atoms with Crippen LogP contribution in [0.5, 0.6) is 0 Å². The molecule has 10 heteroatoms. The molecule has 0 saturated carbocycles. The van der Waals surface area contributed by atoms with E-state index in [4.69, 9.17) is 5.11 Å². The predicted octanol–water partition coefficient (Wildman–Crippen LogP) is 1.87. The Morgan fingerprint density at radius 2 is 1.88 bits per heavy atom. The molecule has 2 rings (SSSR count). The molecular formula is C16H16F4N2O4. The molecule has 1 fully saturated rings. The number of hydrogen-bond donors (Lipinski definition) is 2. The van der Waals surface area contributed by atoms with Crippen molar-refractivity contribution in [2.24, 2.45) is 5.92 Å². The predicted molar refractivity (Wildman–Crippen MR) is 80.3 cm³/mol. The molecular weight excluding hydrogens is 360 g/mol. The molecule has 2 N–H and O–H groups in total. The number of rotatable bonds is 6. The molecule has 2 amide bonds. The first-order valence-corrected chi connectivity index (χ1v) is 7.67. The molecule has 0 spiro atoms. The lowest BCUT2D eigenvalue weighted by Crippen LogP contribution is -2.38. The van der Waals surface area contributed by atoms with Gasteiger partial charge in [0.25, 0.3) is 0 Å². The van der Waals surface area contributed by atoms with Gasteiger partial charge in [-0.25, -0.2) is 4.39 Å². The van der Waals surface area contributed by atoms with Gasteiger partial charge in [0.15, 0.2) is 0 Å². The van der Waals surface area contributed by atoms with E-state index in [0.29, 0.717) is 10.5 Å². The number of carbonyl (C=O) groups excluding carboxylic acids is 2. The molecule has 0 bridgehead atoms. The molecule has 0 radical (unpaired) electrons. The Labute approximate surface area is 145 Å². The largest absolute Gasteiger partial charge is 0.481 e. The van der Waals surface area contributed by atoms with Crippen LogP contribution in [0.4, 0.5) is 17.6 Å². The van der Waals surface area contributed by atoms with Gasteiger partial charge in [-0.1, -0.05) is 12.1 Å². The lowest BCUT2D eigenvalue weighted by atomic mass is 10.0. The molecule has 0 unspecified atom stereocenters. The Morgan fingerprint density at radius 3 is 2.42 bits per heavy atom. The molecule has 26 heavy (non-hydrogen) atoms. The van der Waals surface area contributed by atoms with Gasteiger partial charge >= 0.3 is 12.1 Å². The van der Waals surface area contributed by atoms with Crippen molar-refractivity contribution < 1.29 is 37.1 Å². The molecule has 1 aromatic carbocycles. The third kappa shape index (κ3) is 5.43. The van der Waals surface area contributed by atoms with E-state index in [1.165, 1.54) is 12.1 Å². The van der Waals surface area contributed by atoms with Crippen LogP contribution in [-0.4, -0.2) is 47.1 Å². The minimum Gasteiger partial charge on any atom is -0.481 e. The maximum absolute atomic E-state index is 13.0. The number of hydrogen-bond acceptors (Lipinski definition) is 3. The molecule has 0 aliphatic carbocycles. The zero-order valence-corrected chi connectivity index (χ0v) is 13.4. The van der Waals surface area contributed by atoms with E-state index >= 15 is 0 Å². The van der Waals surface area contributed by atoms with Crippen LogP contribution in [-0.2, 0) is 14.4 Å². The Hall–Kier alpha value is -2.65. The average molecular weight is 376 g/mol. The van der Waals surface area contributed by atoms with Crippen LogP contribution in [0.2, 0.25) is 0 Å². The summed E-state index contributed by atoms with van der Waals surface area (Å²) < 4.78 is 50.3. The van der Waals surface area contributed by atoms with Crippen molar-refractivity contribution in [3.05, 3.63) is 35.6 Å². The van der Waals surface area contributed by atoms with Crippen LogP contribution < -0.4 is 5.32 Å². The molecule has 2 atom stereocenters. The SMILES string of the molecule is O=C(O)C[C@@H](NC(=O)[C@H]1CC(=O)N(CC(F)(F)F)C1)c1ccc(F)cc1. The van der Waals surface area contributed by atoms with Gasteiger partial charge in [-0.15, -0.1) is 0 Å². The van der Waals surface area contributed by atoms with Crippen LogP contribution in [0.25, 0.3) is 0 Å². The molecule has 0 aromatic heterocycles. The summed E-state index contributed by atoms with van der Waals surface area (Å²) in [5.41, 5.74) is 0.332. The summed E-state index contributed by atoms with van der Waals surface area (Å²) in [6, 6.07) is 3.81. The summed E-state index contributed by atoms with van der Waals surface area (Å²) in [4.78, 5) is 35.5. The van der Waals surface area contributed by atoms with Gasteiger partial charge in [0.2, 0.25) is 11.8 Å². The van der Waals surface area contributed by atoms with Crippen molar-refractivity contribution in [2.45, 2.75) is 25.1 Å². The smallest absolute Gasteiger partial charge is 0.406 e.